The molecule has 0 amide bonds. The third-order valence-electron chi connectivity index (χ3n) is 1.58. The minimum atomic E-state index is -0.641. The van der Waals surface area contributed by atoms with Crippen LogP contribution in [0, 0.1) is 0 Å². The first kappa shape index (κ1) is 12.2. The van der Waals surface area contributed by atoms with Crippen LogP contribution in [-0.2, 0) is 16.1 Å². The quantitative estimate of drug-likeness (QED) is 0.655. The van der Waals surface area contributed by atoms with E-state index in [1.54, 1.807) is 19.1 Å². The van der Waals surface area contributed by atoms with Crippen LogP contribution in [0.4, 0.5) is 0 Å². The summed E-state index contributed by atoms with van der Waals surface area (Å²) in [5.74, 6) is -0.473. The third-order valence-corrected chi connectivity index (χ3v) is 1.96. The first-order valence-electron chi connectivity index (χ1n) is 4.23. The zero-order chi connectivity index (χ0) is 11.4. The molecule has 0 aromatic carbocycles. The molecule has 0 saturated heterocycles. The van der Waals surface area contributed by atoms with Gasteiger partial charge >= 0.3 is 5.97 Å². The second kappa shape index (κ2) is 5.30. The van der Waals surface area contributed by atoms with Gasteiger partial charge in [-0.25, -0.2) is 4.98 Å². The molecule has 0 aliphatic heterocycles. The summed E-state index contributed by atoms with van der Waals surface area (Å²) in [6, 6.07) is 2.50. The van der Waals surface area contributed by atoms with E-state index in [4.69, 9.17) is 33.7 Å². The van der Waals surface area contributed by atoms with Crippen molar-refractivity contribution in [3.8, 4) is 0 Å². The van der Waals surface area contributed by atoms with Crippen molar-refractivity contribution < 1.29 is 9.53 Å². The van der Waals surface area contributed by atoms with E-state index in [0.717, 1.165) is 0 Å². The maximum atomic E-state index is 11.1. The van der Waals surface area contributed by atoms with Gasteiger partial charge in [-0.2, -0.15) is 0 Å². The van der Waals surface area contributed by atoms with Crippen molar-refractivity contribution in [1.29, 1.82) is 0 Å². The lowest BCUT2D eigenvalue weighted by Gasteiger charge is -2.07. The Morgan fingerprint density at radius 3 is 2.53 bits per heavy atom. The molecule has 1 heterocycles. The average Bonchev–Trinajstić information content (AvgIpc) is 2.12. The van der Waals surface area contributed by atoms with Crippen molar-refractivity contribution in [2.45, 2.75) is 19.6 Å². The lowest BCUT2D eigenvalue weighted by Crippen LogP contribution is -2.28. The van der Waals surface area contributed by atoms with E-state index in [-0.39, 0.29) is 16.9 Å². The first-order chi connectivity index (χ1) is 6.99. The van der Waals surface area contributed by atoms with Gasteiger partial charge in [-0.05, 0) is 24.6 Å². The molecule has 0 bridgehead atoms. The highest BCUT2D eigenvalue weighted by Crippen LogP contribution is 2.15. The molecule has 0 radical (unpaired) electrons. The Kier molecular flexibility index (Phi) is 4.32. The summed E-state index contributed by atoms with van der Waals surface area (Å²) >= 11 is 11.3. The zero-order valence-corrected chi connectivity index (χ0v) is 9.55. The van der Waals surface area contributed by atoms with Crippen LogP contribution in [-0.4, -0.2) is 17.0 Å². The van der Waals surface area contributed by atoms with Gasteiger partial charge in [0, 0.05) is 0 Å². The second-order valence-corrected chi connectivity index (χ2v) is 3.79. The Labute approximate surface area is 97.3 Å². The van der Waals surface area contributed by atoms with Crippen molar-refractivity contribution in [2.24, 2.45) is 5.73 Å². The number of nitrogens with zero attached hydrogens (tertiary/aromatic N) is 1. The fraction of sp³-hybridized carbons (Fsp3) is 0.333. The van der Waals surface area contributed by atoms with Gasteiger partial charge in [0.2, 0.25) is 0 Å². The molecule has 0 spiro atoms. The maximum Gasteiger partial charge on any atom is 0.322 e. The number of hydrogen-bond donors (Lipinski definition) is 1. The predicted molar refractivity (Wildman–Crippen MR) is 57.7 cm³/mol. The van der Waals surface area contributed by atoms with E-state index in [0.29, 0.717) is 5.56 Å². The summed E-state index contributed by atoms with van der Waals surface area (Å²) in [5.41, 5.74) is 6.00. The minimum absolute atomic E-state index is 0.0856. The second-order valence-electron chi connectivity index (χ2n) is 3.02. The van der Waals surface area contributed by atoms with Gasteiger partial charge in [0.25, 0.3) is 0 Å². The number of pyridine rings is 1. The largest absolute Gasteiger partial charge is 0.460 e. The molecule has 1 atom stereocenters. The number of carbonyl (C=O) groups is 1. The van der Waals surface area contributed by atoms with Crippen LogP contribution in [0.1, 0.15) is 12.5 Å². The molecule has 6 heteroatoms. The van der Waals surface area contributed by atoms with Gasteiger partial charge < -0.3 is 10.5 Å². The van der Waals surface area contributed by atoms with Crippen molar-refractivity contribution in [1.82, 2.24) is 4.98 Å². The maximum absolute atomic E-state index is 11.1. The molecule has 0 saturated carbocycles. The van der Waals surface area contributed by atoms with E-state index in [2.05, 4.69) is 4.98 Å². The minimum Gasteiger partial charge on any atom is -0.460 e. The summed E-state index contributed by atoms with van der Waals surface area (Å²) in [6.07, 6.45) is 0. The summed E-state index contributed by atoms with van der Waals surface area (Å²) in [4.78, 5) is 14.8. The number of ether oxygens (including phenoxy) is 1. The summed E-state index contributed by atoms with van der Waals surface area (Å²) in [5, 5.41) is 0.517. The number of aromatic nitrogens is 1. The van der Waals surface area contributed by atoms with Gasteiger partial charge in [-0.3, -0.25) is 4.79 Å². The highest BCUT2D eigenvalue weighted by molar-refractivity contribution is 6.32. The monoisotopic (exact) mass is 248 g/mol. The van der Waals surface area contributed by atoms with Crippen LogP contribution < -0.4 is 5.73 Å². The zero-order valence-electron chi connectivity index (χ0n) is 8.04. The molecule has 15 heavy (non-hydrogen) atoms. The normalized spacial score (nSPS) is 12.3. The summed E-state index contributed by atoms with van der Waals surface area (Å²) < 4.78 is 4.89. The highest BCUT2D eigenvalue weighted by atomic mass is 35.5. The highest BCUT2D eigenvalue weighted by Gasteiger charge is 2.09. The molecular formula is C9H10Cl2N2O2. The molecule has 0 aliphatic rings. The van der Waals surface area contributed by atoms with Gasteiger partial charge in [-0.15, -0.1) is 0 Å². The van der Waals surface area contributed by atoms with E-state index >= 15 is 0 Å². The van der Waals surface area contributed by atoms with E-state index < -0.39 is 12.0 Å². The molecule has 1 aromatic heterocycles. The first-order valence-corrected chi connectivity index (χ1v) is 4.99. The Morgan fingerprint density at radius 1 is 1.53 bits per heavy atom. The molecule has 82 valence electrons. The molecule has 0 aliphatic carbocycles. The van der Waals surface area contributed by atoms with Crippen LogP contribution in [0.25, 0.3) is 0 Å². The van der Waals surface area contributed by atoms with E-state index in [9.17, 15) is 4.79 Å². The number of halogens is 2. The number of nitrogens with two attached hydrogens (primary N) is 1. The molecule has 1 rings (SSSR count). The Morgan fingerprint density at radius 2 is 2.07 bits per heavy atom. The number of hydrogen-bond acceptors (Lipinski definition) is 4. The fourth-order valence-electron chi connectivity index (χ4n) is 0.883. The van der Waals surface area contributed by atoms with E-state index in [1.807, 2.05) is 0 Å². The fourth-order valence-corrected chi connectivity index (χ4v) is 1.39. The van der Waals surface area contributed by atoms with Gasteiger partial charge in [0.05, 0.1) is 0 Å². The Bertz CT molecular complexity index is 349. The van der Waals surface area contributed by atoms with Crippen LogP contribution in [0.2, 0.25) is 10.3 Å². The van der Waals surface area contributed by atoms with Crippen molar-refractivity contribution >= 4 is 29.2 Å². The summed E-state index contributed by atoms with van der Waals surface area (Å²) in [6.45, 7) is 1.64. The molecular weight excluding hydrogens is 239 g/mol. The molecule has 0 fully saturated rings. The smallest absolute Gasteiger partial charge is 0.322 e. The molecule has 0 unspecified atom stereocenters. The Hall–Kier alpha value is -0.840. The predicted octanol–water partition coefficient (Wildman–Crippen LogP) is 1.78. The molecule has 1 aromatic rings. The average molecular weight is 249 g/mol. The topological polar surface area (TPSA) is 65.2 Å². The van der Waals surface area contributed by atoms with Gasteiger partial charge in [0.1, 0.15) is 23.0 Å². The van der Waals surface area contributed by atoms with Crippen LogP contribution >= 0.6 is 23.2 Å². The summed E-state index contributed by atoms with van der Waals surface area (Å²) in [7, 11) is 0. The standard InChI is InChI=1S/C9H10Cl2N2O2/c1-5(12)9(14)15-4-6-2-7(10)13-8(11)3-6/h2-3,5H,4,12H2,1H3/t5-/m1/s1. The number of rotatable bonds is 3. The lowest BCUT2D eigenvalue weighted by molar-refractivity contribution is -0.146. The third kappa shape index (κ3) is 4.03. The number of esters is 1. The molecule has 4 nitrogen and oxygen atoms in total. The van der Waals surface area contributed by atoms with Gasteiger partial charge in [-0.1, -0.05) is 23.2 Å². The van der Waals surface area contributed by atoms with Crippen LogP contribution in [0.3, 0.4) is 0 Å². The SMILES string of the molecule is C[C@@H](N)C(=O)OCc1cc(Cl)nc(Cl)c1. The van der Waals surface area contributed by atoms with Crippen molar-refractivity contribution in [3.63, 3.8) is 0 Å². The van der Waals surface area contributed by atoms with E-state index in [1.165, 1.54) is 0 Å². The van der Waals surface area contributed by atoms with Crippen LogP contribution in [0.5, 0.6) is 0 Å². The van der Waals surface area contributed by atoms with Crippen molar-refractivity contribution in [2.75, 3.05) is 0 Å². The van der Waals surface area contributed by atoms with Crippen molar-refractivity contribution in [3.05, 3.63) is 28.0 Å². The van der Waals surface area contributed by atoms with Crippen LogP contribution in [0.15, 0.2) is 12.1 Å². The van der Waals surface area contributed by atoms with Gasteiger partial charge in [0.15, 0.2) is 0 Å². The Balaban J connectivity index is 2.61. The number of carbonyl (C=O) groups excluding carboxylic acids is 1. The lowest BCUT2D eigenvalue weighted by atomic mass is 10.3. The molecule has 2 N–H and O–H groups in total.